The number of benzene rings is 3. The first-order valence-electron chi connectivity index (χ1n) is 12.4. The molecule has 0 spiro atoms. The lowest BCUT2D eigenvalue weighted by atomic mass is 9.98. The highest BCUT2D eigenvalue weighted by molar-refractivity contribution is 6.30. The molecule has 186 valence electrons. The van der Waals surface area contributed by atoms with Crippen molar-refractivity contribution in [2.75, 3.05) is 31.1 Å². The van der Waals surface area contributed by atoms with Crippen molar-refractivity contribution >= 4 is 29.1 Å². The predicted octanol–water partition coefficient (Wildman–Crippen LogP) is 4.70. The van der Waals surface area contributed by atoms with Crippen molar-refractivity contribution in [3.05, 3.63) is 94.5 Å². The normalized spacial score (nSPS) is 15.8. The summed E-state index contributed by atoms with van der Waals surface area (Å²) in [5, 5.41) is 3.71. The average molecular weight is 504 g/mol. The van der Waals surface area contributed by atoms with Gasteiger partial charge in [0.2, 0.25) is 0 Å². The van der Waals surface area contributed by atoms with E-state index in [0.29, 0.717) is 17.3 Å². The van der Waals surface area contributed by atoms with E-state index < -0.39 is 0 Å². The number of hydrogen-bond acceptors (Lipinski definition) is 4. The number of anilines is 1. The molecule has 2 aliphatic rings. The van der Waals surface area contributed by atoms with Crippen molar-refractivity contribution in [1.29, 1.82) is 0 Å². The first-order chi connectivity index (χ1) is 17.6. The van der Waals surface area contributed by atoms with E-state index in [-0.39, 0.29) is 24.5 Å². The van der Waals surface area contributed by atoms with E-state index >= 15 is 0 Å². The minimum Gasteiger partial charge on any atom is -0.484 e. The first-order valence-corrected chi connectivity index (χ1v) is 12.8. The lowest BCUT2D eigenvalue weighted by Crippen LogP contribution is -2.46. The van der Waals surface area contributed by atoms with E-state index in [9.17, 15) is 9.59 Å². The molecule has 2 aliphatic heterocycles. The summed E-state index contributed by atoms with van der Waals surface area (Å²) in [7, 11) is 0. The number of carbonyl (C=O) groups is 2. The van der Waals surface area contributed by atoms with E-state index in [0.717, 1.165) is 50.1 Å². The number of rotatable bonds is 6. The van der Waals surface area contributed by atoms with Crippen LogP contribution in [0.4, 0.5) is 5.69 Å². The Hall–Kier alpha value is -3.51. The van der Waals surface area contributed by atoms with E-state index in [2.05, 4.69) is 28.4 Å². The van der Waals surface area contributed by atoms with Crippen molar-refractivity contribution in [2.24, 2.45) is 0 Å². The number of carbonyl (C=O) groups excluding carboxylic acids is 2. The summed E-state index contributed by atoms with van der Waals surface area (Å²) in [6, 6.07) is 23.3. The first kappa shape index (κ1) is 24.2. The van der Waals surface area contributed by atoms with Gasteiger partial charge >= 0.3 is 0 Å². The van der Waals surface area contributed by atoms with Crippen LogP contribution in [0.3, 0.4) is 0 Å². The maximum Gasteiger partial charge on any atom is 0.258 e. The predicted molar refractivity (Wildman–Crippen MR) is 142 cm³/mol. The summed E-state index contributed by atoms with van der Waals surface area (Å²) in [6.45, 7) is 2.90. The second-order valence-electron chi connectivity index (χ2n) is 9.33. The van der Waals surface area contributed by atoms with Gasteiger partial charge in [0.25, 0.3) is 11.8 Å². The van der Waals surface area contributed by atoms with Gasteiger partial charge in [0, 0.05) is 42.9 Å². The zero-order valence-electron chi connectivity index (χ0n) is 20.2. The van der Waals surface area contributed by atoms with Gasteiger partial charge in [-0.05, 0) is 66.8 Å². The number of hydrogen-bond donors (Lipinski definition) is 1. The van der Waals surface area contributed by atoms with Crippen LogP contribution in [0.1, 0.15) is 34.3 Å². The van der Waals surface area contributed by atoms with Crippen LogP contribution in [0.5, 0.6) is 5.75 Å². The van der Waals surface area contributed by atoms with Gasteiger partial charge in [0.1, 0.15) is 5.75 Å². The van der Waals surface area contributed by atoms with E-state index in [1.807, 2.05) is 35.2 Å². The van der Waals surface area contributed by atoms with Crippen molar-refractivity contribution in [1.82, 2.24) is 10.2 Å². The monoisotopic (exact) mass is 503 g/mol. The van der Waals surface area contributed by atoms with Gasteiger partial charge in [0.05, 0.1) is 5.56 Å². The molecule has 36 heavy (non-hydrogen) atoms. The van der Waals surface area contributed by atoms with Crippen LogP contribution < -0.4 is 15.0 Å². The largest absolute Gasteiger partial charge is 0.484 e. The molecular weight excluding hydrogens is 474 g/mol. The van der Waals surface area contributed by atoms with Crippen LogP contribution in [-0.2, 0) is 17.8 Å². The number of para-hydroxylation sites is 1. The number of fused-ring (bicyclic) bond motifs is 1. The van der Waals surface area contributed by atoms with Crippen molar-refractivity contribution in [2.45, 2.75) is 31.8 Å². The second kappa shape index (κ2) is 11.0. The molecule has 3 aromatic rings. The topological polar surface area (TPSA) is 61.9 Å². The molecule has 0 atom stereocenters. The van der Waals surface area contributed by atoms with Crippen LogP contribution in [0, 0.1) is 0 Å². The molecular formula is C29H30ClN3O3. The second-order valence-corrected chi connectivity index (χ2v) is 9.77. The Bertz CT molecular complexity index is 1220. The standard InChI is InChI=1S/C29H30ClN3O3/c30-23-9-11-25(12-10-23)36-20-28(34)31-24-14-17-32(18-15-24)27-8-4-3-7-26(27)29(35)33-16-13-21-5-1-2-6-22(21)19-33/h1-12,24H,13-20H2,(H,31,34). The van der Waals surface area contributed by atoms with Crippen LogP contribution in [-0.4, -0.2) is 49.0 Å². The van der Waals surface area contributed by atoms with Crippen LogP contribution in [0.2, 0.25) is 5.02 Å². The summed E-state index contributed by atoms with van der Waals surface area (Å²) in [5.74, 6) is 0.557. The van der Waals surface area contributed by atoms with Crippen molar-refractivity contribution < 1.29 is 14.3 Å². The van der Waals surface area contributed by atoms with E-state index in [4.69, 9.17) is 16.3 Å². The lowest BCUT2D eigenvalue weighted by Gasteiger charge is -2.36. The molecule has 0 saturated carbocycles. The van der Waals surface area contributed by atoms with Crippen molar-refractivity contribution in [3.63, 3.8) is 0 Å². The molecule has 2 heterocycles. The Morgan fingerprint density at radius 3 is 2.36 bits per heavy atom. The minimum atomic E-state index is -0.135. The van der Waals surface area contributed by atoms with Crippen LogP contribution in [0.25, 0.3) is 0 Å². The molecule has 3 aromatic carbocycles. The summed E-state index contributed by atoms with van der Waals surface area (Å²) < 4.78 is 5.55. The molecule has 0 aromatic heterocycles. The third-order valence-electron chi connectivity index (χ3n) is 6.94. The molecule has 2 amide bonds. The SMILES string of the molecule is O=C(COc1ccc(Cl)cc1)NC1CCN(c2ccccc2C(=O)N2CCc3ccccc3C2)CC1. The number of nitrogens with one attached hydrogen (secondary N) is 1. The fourth-order valence-corrected chi connectivity index (χ4v) is 5.11. The fraction of sp³-hybridized carbons (Fsp3) is 0.310. The molecule has 5 rings (SSSR count). The van der Waals surface area contributed by atoms with Gasteiger partial charge in [-0.15, -0.1) is 0 Å². The zero-order chi connectivity index (χ0) is 24.9. The molecule has 0 unspecified atom stereocenters. The molecule has 1 fully saturated rings. The minimum absolute atomic E-state index is 0.0296. The Morgan fingerprint density at radius 2 is 1.58 bits per heavy atom. The summed E-state index contributed by atoms with van der Waals surface area (Å²) >= 11 is 5.88. The third-order valence-corrected chi connectivity index (χ3v) is 7.19. The smallest absolute Gasteiger partial charge is 0.258 e. The highest BCUT2D eigenvalue weighted by Crippen LogP contribution is 2.28. The van der Waals surface area contributed by atoms with E-state index in [1.54, 1.807) is 24.3 Å². The molecule has 0 radical (unpaired) electrons. The third kappa shape index (κ3) is 5.65. The maximum absolute atomic E-state index is 13.5. The molecule has 0 bridgehead atoms. The summed E-state index contributed by atoms with van der Waals surface area (Å²) in [4.78, 5) is 30.1. The number of piperidine rings is 1. The Labute approximate surface area is 216 Å². The lowest BCUT2D eigenvalue weighted by molar-refractivity contribution is -0.123. The van der Waals surface area contributed by atoms with Crippen LogP contribution in [0.15, 0.2) is 72.8 Å². The highest BCUT2D eigenvalue weighted by atomic mass is 35.5. The Morgan fingerprint density at radius 1 is 0.889 bits per heavy atom. The summed E-state index contributed by atoms with van der Waals surface area (Å²) in [6.07, 6.45) is 2.51. The molecule has 0 aliphatic carbocycles. The van der Waals surface area contributed by atoms with Gasteiger partial charge < -0.3 is 19.9 Å². The van der Waals surface area contributed by atoms with E-state index in [1.165, 1.54) is 11.1 Å². The van der Waals surface area contributed by atoms with Gasteiger partial charge in [0.15, 0.2) is 6.61 Å². The van der Waals surface area contributed by atoms with Gasteiger partial charge in [-0.1, -0.05) is 48.0 Å². The Kier molecular flexibility index (Phi) is 7.42. The molecule has 7 heteroatoms. The van der Waals surface area contributed by atoms with Gasteiger partial charge in [-0.3, -0.25) is 9.59 Å². The van der Waals surface area contributed by atoms with Gasteiger partial charge in [-0.2, -0.15) is 0 Å². The highest BCUT2D eigenvalue weighted by Gasteiger charge is 2.27. The molecule has 6 nitrogen and oxygen atoms in total. The fourth-order valence-electron chi connectivity index (χ4n) is 4.98. The average Bonchev–Trinajstić information content (AvgIpc) is 2.92. The van der Waals surface area contributed by atoms with Gasteiger partial charge in [-0.25, -0.2) is 0 Å². The number of nitrogens with zero attached hydrogens (tertiary/aromatic N) is 2. The number of ether oxygens (including phenoxy) is 1. The number of amides is 2. The van der Waals surface area contributed by atoms with Crippen molar-refractivity contribution in [3.8, 4) is 5.75 Å². The summed E-state index contributed by atoms with van der Waals surface area (Å²) in [5.41, 5.74) is 4.27. The molecule has 1 saturated heterocycles. The quantitative estimate of drug-likeness (QED) is 0.529. The Balaban J connectivity index is 1.16. The van der Waals surface area contributed by atoms with Crippen LogP contribution >= 0.6 is 11.6 Å². The molecule has 1 N–H and O–H groups in total. The maximum atomic E-state index is 13.5. The number of halogens is 1. The zero-order valence-corrected chi connectivity index (χ0v) is 20.9.